The predicted molar refractivity (Wildman–Crippen MR) is 42.8 cm³/mol. The molecule has 0 spiro atoms. The molecule has 0 aromatic heterocycles. The Labute approximate surface area is 71.8 Å². The summed E-state index contributed by atoms with van der Waals surface area (Å²) in [4.78, 5) is 19.6. The summed E-state index contributed by atoms with van der Waals surface area (Å²) in [5.74, 6) is 0.339. The molecule has 0 unspecified atom stereocenters. The van der Waals surface area contributed by atoms with Crippen molar-refractivity contribution < 1.29 is 19.1 Å². The SMILES string of the molecule is CCOC=O.O=C1CCOCC1. The molecule has 12 heavy (non-hydrogen) atoms. The summed E-state index contributed by atoms with van der Waals surface area (Å²) in [7, 11) is 0. The van der Waals surface area contributed by atoms with Crippen molar-refractivity contribution in [3.8, 4) is 0 Å². The standard InChI is InChI=1S/C5H8O2.C3H6O2/c6-5-1-3-7-4-2-5;1-2-5-3-4/h1-4H2;3H,2H2,1H3. The molecular weight excluding hydrogens is 160 g/mol. The van der Waals surface area contributed by atoms with Crippen molar-refractivity contribution in [3.05, 3.63) is 0 Å². The second kappa shape index (κ2) is 8.20. The molecule has 0 aliphatic carbocycles. The molecule has 4 heteroatoms. The minimum absolute atomic E-state index is 0.339. The van der Waals surface area contributed by atoms with Gasteiger partial charge in [0.05, 0.1) is 19.8 Å². The number of carbonyl (C=O) groups is 2. The average Bonchev–Trinajstić information content (AvgIpc) is 2.08. The topological polar surface area (TPSA) is 52.6 Å². The number of hydrogen-bond donors (Lipinski definition) is 0. The summed E-state index contributed by atoms with van der Waals surface area (Å²) >= 11 is 0. The first-order chi connectivity index (χ1) is 5.81. The molecule has 1 heterocycles. The molecule has 0 bridgehead atoms. The highest BCUT2D eigenvalue weighted by atomic mass is 16.5. The second-order valence-corrected chi connectivity index (χ2v) is 2.20. The predicted octanol–water partition coefficient (Wildman–Crippen LogP) is 0.545. The van der Waals surface area contributed by atoms with Crippen LogP contribution in [0.3, 0.4) is 0 Å². The quantitative estimate of drug-likeness (QED) is 0.573. The lowest BCUT2D eigenvalue weighted by Gasteiger charge is -2.07. The summed E-state index contributed by atoms with van der Waals surface area (Å²) in [6, 6.07) is 0. The van der Waals surface area contributed by atoms with Crippen molar-refractivity contribution in [3.63, 3.8) is 0 Å². The minimum Gasteiger partial charge on any atom is -0.468 e. The van der Waals surface area contributed by atoms with E-state index in [9.17, 15) is 9.59 Å². The maximum absolute atomic E-state index is 10.4. The van der Waals surface area contributed by atoms with Gasteiger partial charge in [-0.1, -0.05) is 0 Å². The summed E-state index contributed by atoms with van der Waals surface area (Å²) < 4.78 is 9.07. The maximum atomic E-state index is 10.4. The van der Waals surface area contributed by atoms with Crippen molar-refractivity contribution in [1.29, 1.82) is 0 Å². The Balaban J connectivity index is 0.000000217. The van der Waals surface area contributed by atoms with Crippen molar-refractivity contribution in [1.82, 2.24) is 0 Å². The number of rotatable bonds is 2. The van der Waals surface area contributed by atoms with Gasteiger partial charge in [0.2, 0.25) is 0 Å². The van der Waals surface area contributed by atoms with Gasteiger partial charge < -0.3 is 9.47 Å². The van der Waals surface area contributed by atoms with Crippen LogP contribution < -0.4 is 0 Å². The molecule has 0 saturated carbocycles. The van der Waals surface area contributed by atoms with Crippen molar-refractivity contribution in [2.45, 2.75) is 19.8 Å². The van der Waals surface area contributed by atoms with Crippen LogP contribution in [0.25, 0.3) is 0 Å². The van der Waals surface area contributed by atoms with Crippen molar-refractivity contribution in [2.75, 3.05) is 19.8 Å². The first-order valence-electron chi connectivity index (χ1n) is 3.96. The molecule has 0 amide bonds. The van der Waals surface area contributed by atoms with E-state index in [1.807, 2.05) is 0 Å². The van der Waals surface area contributed by atoms with Crippen LogP contribution in [0.1, 0.15) is 19.8 Å². The number of carbonyl (C=O) groups excluding carboxylic acids is 2. The molecule has 0 radical (unpaired) electrons. The number of Topliss-reactive ketones (excluding diaryl/α,β-unsaturated/α-hetero) is 1. The first kappa shape index (κ1) is 11.1. The molecule has 1 aliphatic heterocycles. The Kier molecular flexibility index (Phi) is 7.58. The molecular formula is C8H14O4. The molecule has 1 aliphatic rings. The van der Waals surface area contributed by atoms with Gasteiger partial charge in [0.15, 0.2) is 0 Å². The van der Waals surface area contributed by atoms with Crippen LogP contribution in [0.4, 0.5) is 0 Å². The van der Waals surface area contributed by atoms with Gasteiger partial charge >= 0.3 is 0 Å². The van der Waals surface area contributed by atoms with Crippen LogP contribution in [-0.2, 0) is 19.1 Å². The highest BCUT2D eigenvalue weighted by Crippen LogP contribution is 1.98. The maximum Gasteiger partial charge on any atom is 0.293 e. The monoisotopic (exact) mass is 174 g/mol. The largest absolute Gasteiger partial charge is 0.468 e. The summed E-state index contributed by atoms with van der Waals surface area (Å²) in [5, 5.41) is 0. The van der Waals surface area contributed by atoms with E-state index < -0.39 is 0 Å². The van der Waals surface area contributed by atoms with E-state index >= 15 is 0 Å². The Morgan fingerprint density at radius 2 is 2.08 bits per heavy atom. The lowest BCUT2D eigenvalue weighted by atomic mass is 10.2. The lowest BCUT2D eigenvalue weighted by Crippen LogP contribution is -2.14. The van der Waals surface area contributed by atoms with Crippen LogP contribution in [0, 0.1) is 0 Å². The lowest BCUT2D eigenvalue weighted by molar-refractivity contribution is -0.128. The van der Waals surface area contributed by atoms with Crippen LogP contribution >= 0.6 is 0 Å². The molecule has 0 atom stereocenters. The number of ether oxygens (including phenoxy) is 2. The van der Waals surface area contributed by atoms with Crippen molar-refractivity contribution in [2.24, 2.45) is 0 Å². The Bertz CT molecular complexity index is 125. The van der Waals surface area contributed by atoms with E-state index in [4.69, 9.17) is 4.74 Å². The van der Waals surface area contributed by atoms with E-state index in [0.29, 0.717) is 44.9 Å². The third-order valence-electron chi connectivity index (χ3n) is 1.29. The van der Waals surface area contributed by atoms with E-state index in [1.54, 1.807) is 6.92 Å². The zero-order chi connectivity index (χ0) is 9.23. The normalized spacial score (nSPS) is 15.9. The van der Waals surface area contributed by atoms with Gasteiger partial charge in [-0.15, -0.1) is 0 Å². The molecule has 4 nitrogen and oxygen atoms in total. The third kappa shape index (κ3) is 7.21. The van der Waals surface area contributed by atoms with Crippen LogP contribution in [0.5, 0.6) is 0 Å². The Morgan fingerprint density at radius 3 is 2.25 bits per heavy atom. The Morgan fingerprint density at radius 1 is 1.50 bits per heavy atom. The molecule has 0 aromatic rings. The van der Waals surface area contributed by atoms with Crippen LogP contribution in [-0.4, -0.2) is 32.1 Å². The summed E-state index contributed by atoms with van der Waals surface area (Å²) in [6.45, 7) is 3.94. The Hall–Kier alpha value is -0.900. The fourth-order valence-electron chi connectivity index (χ4n) is 0.667. The van der Waals surface area contributed by atoms with E-state index in [-0.39, 0.29) is 0 Å². The van der Waals surface area contributed by atoms with Gasteiger partial charge in [-0.2, -0.15) is 0 Å². The smallest absolute Gasteiger partial charge is 0.293 e. The van der Waals surface area contributed by atoms with Gasteiger partial charge in [-0.25, -0.2) is 0 Å². The molecule has 1 rings (SSSR count). The number of ketones is 1. The fraction of sp³-hybridized carbons (Fsp3) is 0.750. The van der Waals surface area contributed by atoms with Crippen molar-refractivity contribution >= 4 is 12.3 Å². The summed E-state index contributed by atoms with van der Waals surface area (Å²) in [6.07, 6.45) is 1.25. The van der Waals surface area contributed by atoms with Gasteiger partial charge in [0, 0.05) is 12.8 Å². The molecule has 1 fully saturated rings. The van der Waals surface area contributed by atoms with Gasteiger partial charge in [-0.05, 0) is 6.92 Å². The van der Waals surface area contributed by atoms with Crippen LogP contribution in [0.2, 0.25) is 0 Å². The molecule has 70 valence electrons. The molecule has 0 N–H and O–H groups in total. The van der Waals surface area contributed by atoms with Gasteiger partial charge in [0.25, 0.3) is 6.47 Å². The van der Waals surface area contributed by atoms with E-state index in [0.717, 1.165) is 0 Å². The molecule has 1 saturated heterocycles. The fourth-order valence-corrected chi connectivity index (χ4v) is 0.667. The number of hydrogen-bond acceptors (Lipinski definition) is 4. The minimum atomic E-state index is 0.339. The van der Waals surface area contributed by atoms with Gasteiger partial charge in [0.1, 0.15) is 5.78 Å². The zero-order valence-electron chi connectivity index (χ0n) is 7.25. The van der Waals surface area contributed by atoms with E-state index in [2.05, 4.69) is 4.74 Å². The highest BCUT2D eigenvalue weighted by Gasteiger charge is 2.06. The molecule has 0 aromatic carbocycles. The van der Waals surface area contributed by atoms with Crippen LogP contribution in [0.15, 0.2) is 0 Å². The average molecular weight is 174 g/mol. The highest BCUT2D eigenvalue weighted by molar-refractivity contribution is 5.78. The second-order valence-electron chi connectivity index (χ2n) is 2.20. The van der Waals surface area contributed by atoms with E-state index in [1.165, 1.54) is 0 Å². The first-order valence-corrected chi connectivity index (χ1v) is 3.96. The third-order valence-corrected chi connectivity index (χ3v) is 1.29. The zero-order valence-corrected chi connectivity index (χ0v) is 7.25. The summed E-state index contributed by atoms with van der Waals surface area (Å²) in [5.41, 5.74) is 0. The van der Waals surface area contributed by atoms with Gasteiger partial charge in [-0.3, -0.25) is 9.59 Å².